The van der Waals surface area contributed by atoms with E-state index in [1.807, 2.05) is 13.8 Å². The van der Waals surface area contributed by atoms with Crippen molar-refractivity contribution in [3.8, 4) is 12.3 Å². The molecule has 0 bridgehead atoms. The molecule has 4 aromatic rings. The van der Waals surface area contributed by atoms with Gasteiger partial charge in [-0.05, 0) is 36.4 Å². The van der Waals surface area contributed by atoms with E-state index in [1.54, 1.807) is 21.5 Å². The number of fused-ring (bicyclic) bond motifs is 2. The van der Waals surface area contributed by atoms with Gasteiger partial charge in [0.2, 0.25) is 0 Å². The lowest BCUT2D eigenvalue weighted by atomic mass is 10.1. The monoisotopic (exact) mass is 680 g/mol. The number of terminal acetylenes is 1. The van der Waals surface area contributed by atoms with Crippen molar-refractivity contribution in [2.45, 2.75) is 62.9 Å². The molecule has 6 rings (SSSR count). The number of halogens is 1. The van der Waals surface area contributed by atoms with Crippen LogP contribution in [0.15, 0.2) is 25.0 Å². The Kier molecular flexibility index (Phi) is 8.57. The number of aliphatic hydroxyl groups excluding tert-OH is 6. The van der Waals surface area contributed by atoms with E-state index in [1.165, 1.54) is 12.7 Å². The Hall–Kier alpha value is -2.79. The number of aliphatic hydroxyl groups is 6. The van der Waals surface area contributed by atoms with Crippen LogP contribution in [0.1, 0.15) is 29.4 Å². The van der Waals surface area contributed by atoms with Crippen molar-refractivity contribution in [3.05, 3.63) is 45.6 Å². The predicted molar refractivity (Wildman–Crippen MR) is 151 cm³/mol. The largest absolute Gasteiger partial charge is 0.394 e. The highest BCUT2D eigenvalue weighted by Crippen LogP contribution is 2.35. The Bertz CT molecular complexity index is 1600. The third-order valence-electron chi connectivity index (χ3n) is 7.29. The normalized spacial score (nSPS) is 29.6. The van der Waals surface area contributed by atoms with Gasteiger partial charge in [0.25, 0.3) is 0 Å². The van der Waals surface area contributed by atoms with Gasteiger partial charge in [-0.3, -0.25) is 0 Å². The Labute approximate surface area is 247 Å². The first-order valence-electron chi connectivity index (χ1n) is 12.6. The maximum absolute atomic E-state index is 10.1. The van der Waals surface area contributed by atoms with Gasteiger partial charge in [-0.2, -0.15) is 0 Å². The molecule has 218 valence electrons. The number of nitrogens with zero attached hydrogens (tertiary/aromatic N) is 6. The fourth-order valence-corrected chi connectivity index (χ4v) is 6.07. The summed E-state index contributed by atoms with van der Waals surface area (Å²) in [5, 5.41) is 59.8. The molecular formula is C26H29IN6O8. The van der Waals surface area contributed by atoms with Gasteiger partial charge in [0.1, 0.15) is 60.6 Å². The van der Waals surface area contributed by atoms with Crippen LogP contribution in [0.25, 0.3) is 22.1 Å². The van der Waals surface area contributed by atoms with Crippen molar-refractivity contribution in [1.82, 2.24) is 29.1 Å². The summed E-state index contributed by atoms with van der Waals surface area (Å²) < 4.78 is 15.2. The number of aryl methyl sites for hydroxylation is 2. The van der Waals surface area contributed by atoms with Crippen LogP contribution in [0.4, 0.5) is 0 Å². The van der Waals surface area contributed by atoms with Crippen LogP contribution in [0.3, 0.4) is 0 Å². The van der Waals surface area contributed by atoms with Crippen molar-refractivity contribution >= 4 is 44.7 Å². The lowest BCUT2D eigenvalue weighted by molar-refractivity contribution is -0.0509. The summed E-state index contributed by atoms with van der Waals surface area (Å²) >= 11 is 2.17. The molecular weight excluding hydrogens is 651 g/mol. The minimum Gasteiger partial charge on any atom is -0.394 e. The van der Waals surface area contributed by atoms with Crippen LogP contribution in [0.5, 0.6) is 0 Å². The second-order valence-corrected chi connectivity index (χ2v) is 10.9. The summed E-state index contributed by atoms with van der Waals surface area (Å²) in [7, 11) is 0. The maximum Gasteiger partial charge on any atom is 0.164 e. The van der Waals surface area contributed by atoms with Crippen molar-refractivity contribution in [1.29, 1.82) is 0 Å². The van der Waals surface area contributed by atoms with E-state index < -0.39 is 49.1 Å². The molecule has 0 amide bonds. The van der Waals surface area contributed by atoms with Crippen molar-refractivity contribution in [2.75, 3.05) is 13.2 Å². The zero-order chi connectivity index (χ0) is 29.6. The Morgan fingerprint density at radius 1 is 0.780 bits per heavy atom. The van der Waals surface area contributed by atoms with Crippen molar-refractivity contribution in [2.24, 2.45) is 0 Å². The molecule has 2 saturated heterocycles. The summed E-state index contributed by atoms with van der Waals surface area (Å²) in [5.74, 6) is 2.56. The molecule has 0 radical (unpaired) electrons. The minimum absolute atomic E-state index is 0.348. The van der Waals surface area contributed by atoms with Gasteiger partial charge in [-0.15, -0.1) is 6.42 Å². The molecule has 41 heavy (non-hydrogen) atoms. The molecule has 2 unspecified atom stereocenters. The smallest absolute Gasteiger partial charge is 0.164 e. The minimum atomic E-state index is -1.18. The van der Waals surface area contributed by atoms with Crippen LogP contribution in [0, 0.1) is 29.8 Å². The van der Waals surface area contributed by atoms with E-state index in [2.05, 4.69) is 48.4 Å². The molecule has 0 aliphatic carbocycles. The van der Waals surface area contributed by atoms with E-state index in [-0.39, 0.29) is 13.2 Å². The standard InChI is InChI=1S/C14H15N3O4.C12H14IN3O4/c1-3-8-4-17(13-10(8)7(2)15-6-16-13)14-12(20)11(19)9(5-18)21-14;1-5-8-6(13)2-16(11(8)15-4-14-5)12-10(19)9(18)7(3-17)20-12/h1,4,6,9,11-12,14,18-20H,5H2,2H3;2,4,7,9-10,12,17-19H,3H2,1H3/t9-,11+,12?,14-;7-,9+,10?,12-/m11/s1. The zero-order valence-corrected chi connectivity index (χ0v) is 24.1. The summed E-state index contributed by atoms with van der Waals surface area (Å²) in [6.45, 7) is 2.96. The lowest BCUT2D eigenvalue weighted by Crippen LogP contribution is -2.33. The third kappa shape index (κ3) is 5.09. The molecule has 2 aliphatic heterocycles. The second kappa shape index (κ2) is 11.8. The topological polar surface area (TPSA) is 201 Å². The van der Waals surface area contributed by atoms with Gasteiger partial charge >= 0.3 is 0 Å². The molecule has 4 aromatic heterocycles. The van der Waals surface area contributed by atoms with Crippen LogP contribution < -0.4 is 0 Å². The number of rotatable bonds is 4. The average molecular weight is 680 g/mol. The molecule has 8 atom stereocenters. The first kappa shape index (κ1) is 29.7. The first-order valence-corrected chi connectivity index (χ1v) is 13.7. The van der Waals surface area contributed by atoms with Crippen LogP contribution >= 0.6 is 22.6 Å². The lowest BCUT2D eigenvalue weighted by Gasteiger charge is -2.17. The Morgan fingerprint density at radius 2 is 1.24 bits per heavy atom. The van der Waals surface area contributed by atoms with Gasteiger partial charge in [0.15, 0.2) is 12.5 Å². The van der Waals surface area contributed by atoms with E-state index in [0.717, 1.165) is 20.3 Å². The van der Waals surface area contributed by atoms with Gasteiger partial charge < -0.3 is 49.2 Å². The third-order valence-corrected chi connectivity index (χ3v) is 8.11. The molecule has 2 fully saturated rings. The molecule has 0 spiro atoms. The first-order chi connectivity index (χ1) is 19.6. The number of aromatic nitrogens is 6. The summed E-state index contributed by atoms with van der Waals surface area (Å²) in [6, 6.07) is 0. The predicted octanol–water partition coefficient (Wildman–Crippen LogP) is -0.712. The number of hydrogen-bond acceptors (Lipinski definition) is 12. The van der Waals surface area contributed by atoms with Crippen LogP contribution in [-0.4, -0.2) is 110 Å². The Morgan fingerprint density at radius 3 is 1.71 bits per heavy atom. The summed E-state index contributed by atoms with van der Waals surface area (Å²) in [4.78, 5) is 16.7. The molecule has 0 saturated carbocycles. The Balaban J connectivity index is 0.000000165. The van der Waals surface area contributed by atoms with E-state index in [0.29, 0.717) is 22.2 Å². The molecule has 6 N–H and O–H groups in total. The quantitative estimate of drug-likeness (QED) is 0.117. The highest BCUT2D eigenvalue weighted by Gasteiger charge is 2.45. The molecule has 6 heterocycles. The van der Waals surface area contributed by atoms with Crippen molar-refractivity contribution < 1.29 is 40.1 Å². The fraction of sp³-hybridized carbons (Fsp3) is 0.462. The van der Waals surface area contributed by atoms with Gasteiger partial charge in [0.05, 0.1) is 40.9 Å². The SMILES string of the molecule is C#Cc1cn([C@@H]2O[C@H](CO)[C@H](O)C2O)c2ncnc(C)c12.Cc1ncnc2c1c(I)cn2[C@@H]1O[C@H](CO)[C@H](O)C1O. The van der Waals surface area contributed by atoms with E-state index >= 15 is 0 Å². The van der Waals surface area contributed by atoms with E-state index in [4.69, 9.17) is 26.1 Å². The highest BCUT2D eigenvalue weighted by atomic mass is 127. The van der Waals surface area contributed by atoms with Gasteiger partial charge in [0, 0.05) is 16.0 Å². The van der Waals surface area contributed by atoms with Crippen molar-refractivity contribution in [3.63, 3.8) is 0 Å². The summed E-state index contributed by atoms with van der Waals surface area (Å²) in [5.41, 5.74) is 3.30. The number of ether oxygens (including phenoxy) is 2. The molecule has 2 aliphatic rings. The molecule has 14 nitrogen and oxygen atoms in total. The summed E-state index contributed by atoms with van der Waals surface area (Å²) in [6.07, 6.45) is 3.90. The van der Waals surface area contributed by atoms with Crippen LogP contribution in [0.2, 0.25) is 0 Å². The highest BCUT2D eigenvalue weighted by molar-refractivity contribution is 14.1. The van der Waals surface area contributed by atoms with Crippen LogP contribution in [-0.2, 0) is 9.47 Å². The molecule has 15 heteroatoms. The molecule has 0 aromatic carbocycles. The maximum atomic E-state index is 10.1. The number of hydrogen-bond donors (Lipinski definition) is 6. The fourth-order valence-electron chi connectivity index (χ4n) is 5.14. The van der Waals surface area contributed by atoms with Gasteiger partial charge in [-0.25, -0.2) is 19.9 Å². The average Bonchev–Trinajstić information content (AvgIpc) is 3.68. The van der Waals surface area contributed by atoms with Gasteiger partial charge in [-0.1, -0.05) is 5.92 Å². The zero-order valence-electron chi connectivity index (χ0n) is 22.0. The second-order valence-electron chi connectivity index (χ2n) is 9.75. The van der Waals surface area contributed by atoms with E-state index in [9.17, 15) is 20.4 Å².